The third-order valence-corrected chi connectivity index (χ3v) is 3.88. The van der Waals surface area contributed by atoms with Crippen LogP contribution in [0.4, 0.5) is 5.82 Å². The second kappa shape index (κ2) is 4.97. The first kappa shape index (κ1) is 12.1. The molecule has 19 heavy (non-hydrogen) atoms. The Bertz CT molecular complexity index is 686. The zero-order chi connectivity index (χ0) is 13.2. The number of hydrogen-bond donors (Lipinski definition) is 1. The van der Waals surface area contributed by atoms with Gasteiger partial charge in [-0.1, -0.05) is 6.07 Å². The Balaban J connectivity index is 1.98. The Morgan fingerprint density at radius 3 is 3.00 bits per heavy atom. The molecule has 0 saturated carbocycles. The number of aromatic nitrogens is 4. The summed E-state index contributed by atoms with van der Waals surface area (Å²) < 4.78 is 1.95. The number of aryl methyl sites for hydroxylation is 2. The van der Waals surface area contributed by atoms with E-state index in [0.29, 0.717) is 0 Å². The van der Waals surface area contributed by atoms with Crippen molar-refractivity contribution in [3.05, 3.63) is 34.4 Å². The highest BCUT2D eigenvalue weighted by Gasteiger charge is 2.12. The molecule has 6 heteroatoms. The van der Waals surface area contributed by atoms with E-state index < -0.39 is 0 Å². The minimum absolute atomic E-state index is 0.776. The van der Waals surface area contributed by atoms with Gasteiger partial charge in [-0.2, -0.15) is 5.10 Å². The molecule has 3 aromatic rings. The van der Waals surface area contributed by atoms with Crippen molar-refractivity contribution in [3.8, 4) is 0 Å². The predicted octanol–water partition coefficient (Wildman–Crippen LogP) is 2.83. The fourth-order valence-corrected chi connectivity index (χ4v) is 2.75. The number of nitrogens with one attached hydrogen (secondary N) is 1. The first-order chi connectivity index (χ1) is 9.29. The minimum atomic E-state index is 0.776. The van der Waals surface area contributed by atoms with Crippen molar-refractivity contribution in [2.45, 2.75) is 26.9 Å². The van der Waals surface area contributed by atoms with E-state index in [9.17, 15) is 0 Å². The van der Waals surface area contributed by atoms with Gasteiger partial charge in [-0.15, -0.1) is 11.3 Å². The number of fused-ring (bicyclic) bond motifs is 1. The summed E-state index contributed by atoms with van der Waals surface area (Å²) in [6.45, 7) is 5.63. The number of anilines is 1. The minimum Gasteiger partial charge on any atom is -0.363 e. The van der Waals surface area contributed by atoms with Gasteiger partial charge in [-0.25, -0.2) is 9.97 Å². The molecule has 0 radical (unpaired) electrons. The molecular weight excluding hydrogens is 258 g/mol. The fourth-order valence-electron chi connectivity index (χ4n) is 2.11. The highest BCUT2D eigenvalue weighted by atomic mass is 32.1. The summed E-state index contributed by atoms with van der Waals surface area (Å²) in [5.74, 6) is 0.848. The van der Waals surface area contributed by atoms with E-state index in [2.05, 4.69) is 44.8 Å². The number of thiophene rings is 1. The maximum Gasteiger partial charge on any atom is 0.156 e. The van der Waals surface area contributed by atoms with Gasteiger partial charge in [0, 0.05) is 11.4 Å². The van der Waals surface area contributed by atoms with Crippen molar-refractivity contribution in [2.75, 3.05) is 5.32 Å². The van der Waals surface area contributed by atoms with E-state index >= 15 is 0 Å². The van der Waals surface area contributed by atoms with Crippen LogP contribution in [-0.2, 0) is 13.1 Å². The van der Waals surface area contributed by atoms with E-state index in [0.717, 1.165) is 35.6 Å². The lowest BCUT2D eigenvalue weighted by molar-refractivity contribution is 0.675. The molecule has 0 atom stereocenters. The van der Waals surface area contributed by atoms with Crippen LogP contribution < -0.4 is 5.32 Å². The summed E-state index contributed by atoms with van der Waals surface area (Å²) in [6, 6.07) is 4.16. The molecule has 1 N–H and O–H groups in total. The van der Waals surface area contributed by atoms with Crippen LogP contribution in [0.1, 0.15) is 17.5 Å². The first-order valence-electron chi connectivity index (χ1n) is 6.24. The average Bonchev–Trinajstić information content (AvgIpc) is 3.05. The summed E-state index contributed by atoms with van der Waals surface area (Å²) in [5.41, 5.74) is 2.85. The molecule has 0 aromatic carbocycles. The van der Waals surface area contributed by atoms with Gasteiger partial charge in [-0.05, 0) is 25.3 Å². The zero-order valence-electron chi connectivity index (χ0n) is 10.9. The molecule has 0 bridgehead atoms. The smallest absolute Gasteiger partial charge is 0.156 e. The zero-order valence-corrected chi connectivity index (χ0v) is 11.7. The fraction of sp³-hybridized carbons (Fsp3) is 0.308. The van der Waals surface area contributed by atoms with Crippen LogP contribution in [0.15, 0.2) is 23.8 Å². The van der Waals surface area contributed by atoms with Crippen molar-refractivity contribution < 1.29 is 0 Å². The lowest BCUT2D eigenvalue weighted by Crippen LogP contribution is -2.04. The molecule has 0 saturated heterocycles. The first-order valence-corrected chi connectivity index (χ1v) is 7.12. The van der Waals surface area contributed by atoms with Gasteiger partial charge in [0.25, 0.3) is 0 Å². The Hall–Kier alpha value is -1.95. The van der Waals surface area contributed by atoms with Crippen LogP contribution in [0.3, 0.4) is 0 Å². The van der Waals surface area contributed by atoms with Crippen LogP contribution in [0.2, 0.25) is 0 Å². The van der Waals surface area contributed by atoms with E-state index in [-0.39, 0.29) is 0 Å². The SMILES string of the molecule is CCn1nc(C)c2ncnc(NCc3cccs3)c21. The van der Waals surface area contributed by atoms with E-state index in [1.807, 2.05) is 11.6 Å². The van der Waals surface area contributed by atoms with Gasteiger partial charge in [0.1, 0.15) is 17.4 Å². The van der Waals surface area contributed by atoms with Gasteiger partial charge in [-0.3, -0.25) is 4.68 Å². The van der Waals surface area contributed by atoms with Crippen molar-refractivity contribution in [1.82, 2.24) is 19.7 Å². The van der Waals surface area contributed by atoms with E-state index in [1.165, 1.54) is 4.88 Å². The van der Waals surface area contributed by atoms with Crippen LogP contribution in [0.5, 0.6) is 0 Å². The highest BCUT2D eigenvalue weighted by Crippen LogP contribution is 2.22. The molecule has 0 unspecified atom stereocenters. The standard InChI is InChI=1S/C13H15N5S/c1-3-18-12-11(9(2)17-18)15-8-16-13(12)14-7-10-5-4-6-19-10/h4-6,8H,3,7H2,1-2H3,(H,14,15,16). The summed E-state index contributed by atoms with van der Waals surface area (Å²) in [6.07, 6.45) is 1.59. The number of nitrogens with zero attached hydrogens (tertiary/aromatic N) is 4. The van der Waals surface area contributed by atoms with Crippen LogP contribution in [0, 0.1) is 6.92 Å². The van der Waals surface area contributed by atoms with Gasteiger partial charge in [0.05, 0.1) is 12.2 Å². The lowest BCUT2D eigenvalue weighted by Gasteiger charge is -2.07. The summed E-state index contributed by atoms with van der Waals surface area (Å²) >= 11 is 1.73. The quantitative estimate of drug-likeness (QED) is 0.794. The second-order valence-corrected chi connectivity index (χ2v) is 5.29. The molecule has 0 aliphatic rings. The Morgan fingerprint density at radius 1 is 1.37 bits per heavy atom. The average molecular weight is 273 g/mol. The largest absolute Gasteiger partial charge is 0.363 e. The Labute approximate surface area is 115 Å². The van der Waals surface area contributed by atoms with Crippen molar-refractivity contribution >= 4 is 28.2 Å². The molecule has 3 aromatic heterocycles. The third-order valence-electron chi connectivity index (χ3n) is 3.00. The van der Waals surface area contributed by atoms with Gasteiger partial charge >= 0.3 is 0 Å². The maximum atomic E-state index is 4.49. The highest BCUT2D eigenvalue weighted by molar-refractivity contribution is 7.09. The maximum absolute atomic E-state index is 4.49. The molecule has 0 amide bonds. The third kappa shape index (κ3) is 2.19. The van der Waals surface area contributed by atoms with Crippen LogP contribution in [0.25, 0.3) is 11.0 Å². The monoisotopic (exact) mass is 273 g/mol. The van der Waals surface area contributed by atoms with Crippen LogP contribution in [-0.4, -0.2) is 19.7 Å². The molecule has 0 spiro atoms. The van der Waals surface area contributed by atoms with E-state index in [1.54, 1.807) is 17.7 Å². The molecule has 0 fully saturated rings. The molecule has 98 valence electrons. The lowest BCUT2D eigenvalue weighted by atomic mass is 10.3. The summed E-state index contributed by atoms with van der Waals surface area (Å²) in [5, 5.41) is 9.94. The van der Waals surface area contributed by atoms with Gasteiger partial charge < -0.3 is 5.32 Å². The van der Waals surface area contributed by atoms with Crippen molar-refractivity contribution in [3.63, 3.8) is 0 Å². The summed E-state index contributed by atoms with van der Waals surface area (Å²) in [4.78, 5) is 9.96. The van der Waals surface area contributed by atoms with Crippen molar-refractivity contribution in [2.24, 2.45) is 0 Å². The Kier molecular flexibility index (Phi) is 3.16. The Morgan fingerprint density at radius 2 is 2.26 bits per heavy atom. The topological polar surface area (TPSA) is 55.6 Å². The number of hydrogen-bond acceptors (Lipinski definition) is 5. The van der Waals surface area contributed by atoms with Crippen molar-refractivity contribution in [1.29, 1.82) is 0 Å². The van der Waals surface area contributed by atoms with Gasteiger partial charge in [0.2, 0.25) is 0 Å². The molecule has 5 nitrogen and oxygen atoms in total. The molecule has 0 aliphatic heterocycles. The predicted molar refractivity (Wildman–Crippen MR) is 77.4 cm³/mol. The molecule has 0 aliphatic carbocycles. The second-order valence-electron chi connectivity index (χ2n) is 4.25. The number of rotatable bonds is 4. The normalized spacial score (nSPS) is 11.1. The van der Waals surface area contributed by atoms with Gasteiger partial charge in [0.15, 0.2) is 5.82 Å². The molecule has 3 rings (SSSR count). The van der Waals surface area contributed by atoms with E-state index in [4.69, 9.17) is 0 Å². The molecule has 3 heterocycles. The summed E-state index contributed by atoms with van der Waals surface area (Å²) in [7, 11) is 0. The molecular formula is C13H15N5S. The van der Waals surface area contributed by atoms with Crippen LogP contribution >= 0.6 is 11.3 Å².